The Kier molecular flexibility index (Phi) is 4.75. The Morgan fingerprint density at radius 1 is 1.00 bits per heavy atom. The van der Waals surface area contributed by atoms with Gasteiger partial charge in [-0.2, -0.15) is 20.0 Å². The van der Waals surface area contributed by atoms with Crippen LogP contribution in [0.2, 0.25) is 0 Å². The number of aromatic nitrogens is 5. The van der Waals surface area contributed by atoms with Crippen LogP contribution in [0.25, 0.3) is 17.1 Å². The molecular weight excluding hydrogens is 368 g/mol. The zero-order valence-electron chi connectivity index (χ0n) is 15.9. The van der Waals surface area contributed by atoms with E-state index in [2.05, 4.69) is 27.3 Å². The van der Waals surface area contributed by atoms with Crippen molar-refractivity contribution in [2.75, 3.05) is 0 Å². The number of aromatic amines is 1. The topological polar surface area (TPSA) is 63.8 Å². The predicted octanol–water partition coefficient (Wildman–Crippen LogP) is 4.60. The molecule has 0 amide bonds. The van der Waals surface area contributed by atoms with E-state index >= 15 is 0 Å². The molecule has 0 fully saturated rings. The van der Waals surface area contributed by atoms with Crippen molar-refractivity contribution in [2.24, 2.45) is 5.10 Å². The summed E-state index contributed by atoms with van der Waals surface area (Å²) in [6.45, 7) is 6.06. The second kappa shape index (κ2) is 7.36. The van der Waals surface area contributed by atoms with Gasteiger partial charge in [-0.15, -0.1) is 0 Å². The molecule has 2 aromatic carbocycles. The molecule has 0 unspecified atom stereocenters. The number of para-hydroxylation sites is 1. The molecule has 1 N–H and O–H groups in total. The fourth-order valence-electron chi connectivity index (χ4n) is 3.07. The third kappa shape index (κ3) is 3.32. The minimum Gasteiger partial charge on any atom is -0.250 e. The molecule has 0 radical (unpaired) electrons. The van der Waals surface area contributed by atoms with Crippen molar-refractivity contribution in [1.82, 2.24) is 24.7 Å². The van der Waals surface area contributed by atoms with Crippen LogP contribution in [-0.2, 0) is 0 Å². The first-order chi connectivity index (χ1) is 13.5. The Hall–Kier alpha value is -3.32. The summed E-state index contributed by atoms with van der Waals surface area (Å²) in [4.78, 5) is 0. The highest BCUT2D eigenvalue weighted by molar-refractivity contribution is 7.71. The summed E-state index contributed by atoms with van der Waals surface area (Å²) in [5, 5.41) is 16.4. The van der Waals surface area contributed by atoms with Crippen molar-refractivity contribution in [2.45, 2.75) is 20.8 Å². The fraction of sp³-hybridized carbons (Fsp3) is 0.143. The van der Waals surface area contributed by atoms with Crippen LogP contribution in [0, 0.1) is 25.5 Å². The average Bonchev–Trinajstić information content (AvgIpc) is 3.21. The molecule has 0 saturated heterocycles. The molecule has 0 aliphatic carbocycles. The summed E-state index contributed by atoms with van der Waals surface area (Å²) in [5.74, 6) is 0.673. The normalized spacial score (nSPS) is 11.4. The zero-order valence-corrected chi connectivity index (χ0v) is 16.7. The summed E-state index contributed by atoms with van der Waals surface area (Å²) in [6, 6.07) is 18.1. The Bertz CT molecular complexity index is 1200. The van der Waals surface area contributed by atoms with Crippen molar-refractivity contribution in [3.05, 3.63) is 81.9 Å². The molecule has 0 atom stereocenters. The number of benzene rings is 2. The van der Waals surface area contributed by atoms with Crippen LogP contribution in [0.15, 0.2) is 59.7 Å². The first-order valence-corrected chi connectivity index (χ1v) is 9.36. The zero-order chi connectivity index (χ0) is 19.7. The smallest absolute Gasteiger partial charge is 0.216 e. The van der Waals surface area contributed by atoms with Gasteiger partial charge in [-0.1, -0.05) is 48.0 Å². The molecular formula is C21H20N6S. The Morgan fingerprint density at radius 2 is 1.71 bits per heavy atom. The number of nitrogens with one attached hydrogen (secondary N) is 1. The summed E-state index contributed by atoms with van der Waals surface area (Å²) in [6.07, 6.45) is 1.79. The van der Waals surface area contributed by atoms with E-state index in [4.69, 9.17) is 12.2 Å². The van der Waals surface area contributed by atoms with Crippen molar-refractivity contribution in [3.8, 4) is 17.1 Å². The number of hydrogen-bond acceptors (Lipinski definition) is 4. The van der Waals surface area contributed by atoms with Gasteiger partial charge in [-0.25, -0.2) is 9.78 Å². The highest BCUT2D eigenvalue weighted by atomic mass is 32.1. The van der Waals surface area contributed by atoms with Crippen LogP contribution in [0.1, 0.15) is 22.5 Å². The summed E-state index contributed by atoms with van der Waals surface area (Å²) in [5.41, 5.74) is 6.03. The molecule has 4 aromatic rings. The van der Waals surface area contributed by atoms with Gasteiger partial charge in [0.15, 0.2) is 5.82 Å². The van der Waals surface area contributed by atoms with E-state index in [0.717, 1.165) is 28.2 Å². The molecule has 2 heterocycles. The maximum atomic E-state index is 5.37. The third-order valence-electron chi connectivity index (χ3n) is 4.61. The molecule has 28 heavy (non-hydrogen) atoms. The maximum Gasteiger partial charge on any atom is 0.216 e. The molecule has 4 rings (SSSR count). The van der Waals surface area contributed by atoms with E-state index in [1.54, 1.807) is 10.9 Å². The Morgan fingerprint density at radius 3 is 2.43 bits per heavy atom. The Balaban J connectivity index is 1.73. The summed E-state index contributed by atoms with van der Waals surface area (Å²) >= 11 is 5.37. The summed E-state index contributed by atoms with van der Waals surface area (Å²) < 4.78 is 4.00. The molecule has 140 valence electrons. The molecule has 0 bridgehead atoms. The van der Waals surface area contributed by atoms with E-state index in [1.807, 2.05) is 73.1 Å². The predicted molar refractivity (Wildman–Crippen MR) is 114 cm³/mol. The van der Waals surface area contributed by atoms with E-state index < -0.39 is 0 Å². The average molecular weight is 389 g/mol. The number of aryl methyl sites for hydroxylation is 2. The molecule has 0 saturated carbocycles. The standard InChI is InChI=1S/C21H20N6S/c1-14-9-11-17(12-10-14)20-23-24-21(28)27(20)22-13-19-15(2)25-26(16(19)3)18-7-5-4-6-8-18/h4-13H,1-3H3,(H,24,28)/b22-13-. The van der Waals surface area contributed by atoms with Crippen molar-refractivity contribution < 1.29 is 0 Å². The first kappa shape index (κ1) is 18.1. The molecule has 0 aliphatic heterocycles. The highest BCUT2D eigenvalue weighted by Gasteiger charge is 2.12. The van der Waals surface area contributed by atoms with Crippen LogP contribution >= 0.6 is 12.2 Å². The van der Waals surface area contributed by atoms with Crippen molar-refractivity contribution in [3.63, 3.8) is 0 Å². The lowest BCUT2D eigenvalue weighted by molar-refractivity contribution is 0.833. The molecule has 0 aliphatic rings. The second-order valence-electron chi connectivity index (χ2n) is 6.61. The van der Waals surface area contributed by atoms with Crippen molar-refractivity contribution in [1.29, 1.82) is 0 Å². The van der Waals surface area contributed by atoms with Crippen LogP contribution in [0.5, 0.6) is 0 Å². The molecule has 7 heteroatoms. The van der Waals surface area contributed by atoms with Gasteiger partial charge >= 0.3 is 0 Å². The van der Waals surface area contributed by atoms with Gasteiger partial charge in [-0.3, -0.25) is 0 Å². The number of nitrogens with zero attached hydrogens (tertiary/aromatic N) is 5. The summed E-state index contributed by atoms with van der Waals surface area (Å²) in [7, 11) is 0. The van der Waals surface area contributed by atoms with E-state index in [1.165, 1.54) is 5.56 Å². The minimum absolute atomic E-state index is 0.442. The monoisotopic (exact) mass is 388 g/mol. The van der Waals surface area contributed by atoms with Crippen LogP contribution < -0.4 is 0 Å². The van der Waals surface area contributed by atoms with Gasteiger partial charge in [0.25, 0.3) is 0 Å². The maximum absolute atomic E-state index is 5.37. The Labute approximate surface area is 168 Å². The largest absolute Gasteiger partial charge is 0.250 e. The molecule has 6 nitrogen and oxygen atoms in total. The van der Waals surface area contributed by atoms with Gasteiger partial charge in [-0.05, 0) is 45.1 Å². The van der Waals surface area contributed by atoms with E-state index in [9.17, 15) is 0 Å². The lowest BCUT2D eigenvalue weighted by Crippen LogP contribution is -1.99. The molecule has 2 aromatic heterocycles. The van der Waals surface area contributed by atoms with Gasteiger partial charge in [0.1, 0.15) is 0 Å². The molecule has 0 spiro atoms. The van der Waals surface area contributed by atoms with Gasteiger partial charge in [0, 0.05) is 11.1 Å². The number of H-pyrrole nitrogens is 1. The lowest BCUT2D eigenvalue weighted by Gasteiger charge is -2.04. The van der Waals surface area contributed by atoms with Crippen LogP contribution in [-0.4, -0.2) is 30.9 Å². The van der Waals surface area contributed by atoms with Gasteiger partial charge in [0.05, 0.1) is 23.3 Å². The van der Waals surface area contributed by atoms with E-state index in [0.29, 0.717) is 10.6 Å². The minimum atomic E-state index is 0.442. The third-order valence-corrected chi connectivity index (χ3v) is 4.87. The highest BCUT2D eigenvalue weighted by Crippen LogP contribution is 2.19. The van der Waals surface area contributed by atoms with Gasteiger partial charge < -0.3 is 0 Å². The van der Waals surface area contributed by atoms with Gasteiger partial charge in [0.2, 0.25) is 4.77 Å². The first-order valence-electron chi connectivity index (χ1n) is 8.95. The van der Waals surface area contributed by atoms with Crippen LogP contribution in [0.3, 0.4) is 0 Å². The quantitative estimate of drug-likeness (QED) is 0.410. The van der Waals surface area contributed by atoms with E-state index in [-0.39, 0.29) is 0 Å². The fourth-order valence-corrected chi connectivity index (χ4v) is 3.25. The number of rotatable bonds is 4. The second-order valence-corrected chi connectivity index (χ2v) is 6.99. The number of hydrogen-bond donors (Lipinski definition) is 1. The SMILES string of the molecule is Cc1ccc(-c2n[nH]c(=S)n2/N=C\c2c(C)nn(-c3ccccc3)c2C)cc1. The van der Waals surface area contributed by atoms with Crippen molar-refractivity contribution >= 4 is 18.4 Å². The lowest BCUT2D eigenvalue weighted by atomic mass is 10.1. The van der Waals surface area contributed by atoms with Crippen LogP contribution in [0.4, 0.5) is 0 Å².